The second-order valence-corrected chi connectivity index (χ2v) is 17.3. The topological polar surface area (TPSA) is 9.86 Å². The lowest BCUT2D eigenvalue weighted by Crippen LogP contribution is -1.94. The van der Waals surface area contributed by atoms with Crippen LogP contribution in [0, 0.1) is 0 Å². The molecule has 0 atom stereocenters. The molecule has 1 aliphatic carbocycles. The fourth-order valence-corrected chi connectivity index (χ4v) is 10.9. The highest BCUT2D eigenvalue weighted by Crippen LogP contribution is 2.48. The standard InChI is InChI=1S/C62H38N2/c1-2-18-47(19-3-1)64-60-33-29-46(38-57(60)54-31-26-39-12-4-5-21-49(39)62(54)64)45-28-32-59-56(37-45)51-22-6-7-25-58(51)63(59)48-20-9-17-43(35-48)41-15-8-16-42(34-41)44-27-30-50-52-23-10-13-40-14-11-24-53(61(40)52)55(50)36-44/h1-38H. The molecule has 2 aromatic heterocycles. The minimum Gasteiger partial charge on any atom is -0.309 e. The van der Waals surface area contributed by atoms with Crippen LogP contribution in [0.1, 0.15) is 0 Å². The van der Waals surface area contributed by atoms with Crippen molar-refractivity contribution in [1.82, 2.24) is 9.13 Å². The molecular formula is C62H38N2. The van der Waals surface area contributed by atoms with Crippen molar-refractivity contribution in [3.8, 4) is 67.0 Å². The molecule has 0 saturated carbocycles. The van der Waals surface area contributed by atoms with Crippen LogP contribution in [0.3, 0.4) is 0 Å². The lowest BCUT2D eigenvalue weighted by atomic mass is 9.95. The molecule has 2 heterocycles. The average molecular weight is 811 g/mol. The number of fused-ring (bicyclic) bond motifs is 11. The minimum atomic E-state index is 1.15. The van der Waals surface area contributed by atoms with Gasteiger partial charge in [0, 0.05) is 38.3 Å². The van der Waals surface area contributed by atoms with Crippen LogP contribution >= 0.6 is 0 Å². The molecule has 0 fully saturated rings. The van der Waals surface area contributed by atoms with Gasteiger partial charge < -0.3 is 9.13 Å². The minimum absolute atomic E-state index is 1.15. The molecule has 2 nitrogen and oxygen atoms in total. The summed E-state index contributed by atoms with van der Waals surface area (Å²) in [5.41, 5.74) is 19.7. The molecule has 0 amide bonds. The van der Waals surface area contributed by atoms with Gasteiger partial charge in [-0.05, 0) is 139 Å². The van der Waals surface area contributed by atoms with Gasteiger partial charge in [-0.15, -0.1) is 0 Å². The van der Waals surface area contributed by atoms with E-state index < -0.39 is 0 Å². The van der Waals surface area contributed by atoms with Gasteiger partial charge in [0.15, 0.2) is 0 Å². The van der Waals surface area contributed by atoms with Crippen molar-refractivity contribution in [2.24, 2.45) is 0 Å². The first-order valence-electron chi connectivity index (χ1n) is 22.2. The second kappa shape index (κ2) is 13.5. The smallest absolute Gasteiger partial charge is 0.0619 e. The lowest BCUT2D eigenvalue weighted by molar-refractivity contribution is 1.18. The zero-order chi connectivity index (χ0) is 41.9. The fourth-order valence-electron chi connectivity index (χ4n) is 10.9. The van der Waals surface area contributed by atoms with E-state index in [1.807, 2.05) is 0 Å². The van der Waals surface area contributed by atoms with E-state index in [0.717, 1.165) is 5.69 Å². The third-order valence-electron chi connectivity index (χ3n) is 13.8. The second-order valence-electron chi connectivity index (χ2n) is 17.3. The van der Waals surface area contributed by atoms with Gasteiger partial charge in [-0.2, -0.15) is 0 Å². The molecule has 14 rings (SSSR count). The SMILES string of the molecule is c1ccc(-n2c3ccc(-c4ccc5c(c4)c4ccccc4n5-c4cccc(-c5cccc(-c6ccc7c(c6)-c6cccc8cccc-7c68)c5)c4)cc3c3ccc4ccccc4c32)cc1. The van der Waals surface area contributed by atoms with Gasteiger partial charge >= 0.3 is 0 Å². The summed E-state index contributed by atoms with van der Waals surface area (Å²) in [5.74, 6) is 0. The van der Waals surface area contributed by atoms with Crippen molar-refractivity contribution in [2.45, 2.75) is 0 Å². The van der Waals surface area contributed by atoms with E-state index in [1.165, 1.54) is 126 Å². The van der Waals surface area contributed by atoms with E-state index in [1.54, 1.807) is 0 Å². The van der Waals surface area contributed by atoms with Crippen LogP contribution in [0.15, 0.2) is 231 Å². The molecule has 0 bridgehead atoms. The molecule has 0 saturated heterocycles. The summed E-state index contributed by atoms with van der Waals surface area (Å²) in [4.78, 5) is 0. The Balaban J connectivity index is 0.865. The monoisotopic (exact) mass is 810 g/mol. The summed E-state index contributed by atoms with van der Waals surface area (Å²) in [6.45, 7) is 0. The van der Waals surface area contributed by atoms with Crippen molar-refractivity contribution in [3.63, 3.8) is 0 Å². The number of nitrogens with zero attached hydrogens (tertiary/aromatic N) is 2. The number of para-hydroxylation sites is 2. The maximum atomic E-state index is 2.43. The summed E-state index contributed by atoms with van der Waals surface area (Å²) >= 11 is 0. The van der Waals surface area contributed by atoms with Crippen molar-refractivity contribution >= 4 is 65.2 Å². The van der Waals surface area contributed by atoms with Crippen molar-refractivity contribution < 1.29 is 0 Å². The molecule has 1 aliphatic rings. The van der Waals surface area contributed by atoms with Crippen LogP contribution in [-0.4, -0.2) is 9.13 Å². The Labute approximate surface area is 370 Å². The number of hydrogen-bond acceptors (Lipinski definition) is 0. The largest absolute Gasteiger partial charge is 0.309 e. The molecule has 0 radical (unpaired) electrons. The van der Waals surface area contributed by atoms with Crippen LogP contribution in [-0.2, 0) is 0 Å². The molecule has 0 unspecified atom stereocenters. The van der Waals surface area contributed by atoms with Crippen molar-refractivity contribution in [2.75, 3.05) is 0 Å². The molecule has 2 heteroatoms. The van der Waals surface area contributed by atoms with Crippen LogP contribution in [0.4, 0.5) is 0 Å². The lowest BCUT2D eigenvalue weighted by Gasteiger charge is -2.12. The van der Waals surface area contributed by atoms with Crippen molar-refractivity contribution in [3.05, 3.63) is 231 Å². The average Bonchev–Trinajstić information content (AvgIpc) is 4.00. The van der Waals surface area contributed by atoms with Gasteiger partial charge in [-0.1, -0.05) is 164 Å². The first kappa shape index (κ1) is 35.2. The Bertz CT molecular complexity index is 4060. The van der Waals surface area contributed by atoms with Gasteiger partial charge in [0.1, 0.15) is 0 Å². The van der Waals surface area contributed by atoms with Gasteiger partial charge in [-0.3, -0.25) is 0 Å². The summed E-state index contributed by atoms with van der Waals surface area (Å²) < 4.78 is 4.87. The van der Waals surface area contributed by atoms with Gasteiger partial charge in [0.2, 0.25) is 0 Å². The summed E-state index contributed by atoms with van der Waals surface area (Å²) in [5, 5.41) is 10.2. The Morgan fingerprint density at radius 1 is 0.234 bits per heavy atom. The Morgan fingerprint density at radius 2 is 0.781 bits per heavy atom. The normalized spacial score (nSPS) is 12.1. The number of benzene rings is 11. The highest BCUT2D eigenvalue weighted by Gasteiger charge is 2.22. The van der Waals surface area contributed by atoms with E-state index in [0.29, 0.717) is 0 Å². The number of rotatable bonds is 5. The number of hydrogen-bond donors (Lipinski definition) is 0. The zero-order valence-electron chi connectivity index (χ0n) is 34.8. The Morgan fingerprint density at radius 3 is 1.58 bits per heavy atom. The van der Waals surface area contributed by atoms with Gasteiger partial charge in [0.05, 0.1) is 22.1 Å². The number of aromatic nitrogens is 2. The summed E-state index contributed by atoms with van der Waals surface area (Å²) in [6, 6.07) is 85.2. The molecule has 296 valence electrons. The molecule has 0 spiro atoms. The van der Waals surface area contributed by atoms with E-state index in [2.05, 4.69) is 240 Å². The Kier molecular flexibility index (Phi) is 7.43. The molecule has 13 aromatic rings. The summed E-state index contributed by atoms with van der Waals surface area (Å²) in [6.07, 6.45) is 0. The van der Waals surface area contributed by atoms with E-state index in [4.69, 9.17) is 0 Å². The maximum absolute atomic E-state index is 2.43. The van der Waals surface area contributed by atoms with E-state index in [9.17, 15) is 0 Å². The van der Waals surface area contributed by atoms with Crippen LogP contribution in [0.5, 0.6) is 0 Å². The predicted molar refractivity (Wildman–Crippen MR) is 271 cm³/mol. The van der Waals surface area contributed by atoms with Crippen LogP contribution < -0.4 is 0 Å². The highest BCUT2D eigenvalue weighted by molar-refractivity contribution is 6.20. The fraction of sp³-hybridized carbons (Fsp3) is 0. The Hall–Kier alpha value is -8.46. The van der Waals surface area contributed by atoms with Crippen LogP contribution in [0.25, 0.3) is 132 Å². The molecule has 0 N–H and O–H groups in total. The first-order valence-corrected chi connectivity index (χ1v) is 22.2. The third-order valence-corrected chi connectivity index (χ3v) is 13.8. The van der Waals surface area contributed by atoms with E-state index in [-0.39, 0.29) is 0 Å². The van der Waals surface area contributed by atoms with E-state index >= 15 is 0 Å². The highest BCUT2D eigenvalue weighted by atomic mass is 15.0. The predicted octanol–water partition coefficient (Wildman–Crippen LogP) is 16.8. The zero-order valence-corrected chi connectivity index (χ0v) is 34.8. The first-order chi connectivity index (χ1) is 31.7. The third kappa shape index (κ3) is 5.14. The molecule has 11 aromatic carbocycles. The summed E-state index contributed by atoms with van der Waals surface area (Å²) in [7, 11) is 0. The molecule has 0 aliphatic heterocycles. The maximum Gasteiger partial charge on any atom is 0.0619 e. The van der Waals surface area contributed by atoms with Crippen LogP contribution in [0.2, 0.25) is 0 Å². The quantitative estimate of drug-likeness (QED) is 0.164. The molecular weight excluding hydrogens is 773 g/mol. The van der Waals surface area contributed by atoms with Crippen molar-refractivity contribution in [1.29, 1.82) is 0 Å². The van der Waals surface area contributed by atoms with Gasteiger partial charge in [0.25, 0.3) is 0 Å². The molecule has 64 heavy (non-hydrogen) atoms. The van der Waals surface area contributed by atoms with Gasteiger partial charge in [-0.25, -0.2) is 0 Å².